The van der Waals surface area contributed by atoms with Crippen LogP contribution in [-0.2, 0) is 30.4 Å². The molecule has 38 heavy (non-hydrogen) atoms. The number of thioether (sulfide) groups is 2. The van der Waals surface area contributed by atoms with Crippen LogP contribution >= 0.6 is 46.2 Å². The van der Waals surface area contributed by atoms with E-state index in [-0.39, 0.29) is 41.0 Å². The number of nitrogens with two attached hydrogens (primary N) is 1. The Kier molecular flexibility index (Phi) is 8.59. The van der Waals surface area contributed by atoms with Crippen molar-refractivity contribution in [3.8, 4) is 0 Å². The van der Waals surface area contributed by atoms with E-state index in [0.29, 0.717) is 26.2 Å². The van der Waals surface area contributed by atoms with Crippen LogP contribution in [0.5, 0.6) is 0 Å². The van der Waals surface area contributed by atoms with Gasteiger partial charge in [-0.05, 0) is 19.4 Å². The number of aromatic nitrogens is 2. The molecule has 2 amide bonds. The van der Waals surface area contributed by atoms with E-state index in [9.17, 15) is 24.3 Å². The summed E-state index contributed by atoms with van der Waals surface area (Å²) in [6, 6.07) is -0.959. The molecule has 5 N–H and O–H groups in total. The highest BCUT2D eigenvalue weighted by Gasteiger charge is 2.54. The number of oxime groups is 1. The van der Waals surface area contributed by atoms with Crippen LogP contribution in [0.25, 0.3) is 0 Å². The summed E-state index contributed by atoms with van der Waals surface area (Å²) in [6.45, 7) is 3.63. The zero-order valence-corrected chi connectivity index (χ0v) is 23.3. The third kappa shape index (κ3) is 5.79. The van der Waals surface area contributed by atoms with Crippen LogP contribution in [0.4, 0.5) is 5.13 Å². The number of hydrogen-bond donors (Lipinski definition) is 4. The maximum Gasteiger partial charge on any atom is 0.352 e. The molecule has 1 fully saturated rings. The molecule has 0 aliphatic carbocycles. The SMILES string of the molecule is CCON=C(C(=O)N[C@@H]1C(=O)N2C(C(=O)O)=C(CSc3nc(C)c(CC(=O)O)s3)CS[C@@H]12)c1csc(N)n1. The number of nitrogen functional groups attached to an aromatic ring is 1. The molecule has 0 aromatic carbocycles. The van der Waals surface area contributed by atoms with Gasteiger partial charge in [0, 0.05) is 21.8 Å². The summed E-state index contributed by atoms with van der Waals surface area (Å²) in [6.07, 6.45) is -0.132. The molecule has 13 nitrogen and oxygen atoms in total. The van der Waals surface area contributed by atoms with Crippen molar-refractivity contribution < 1.29 is 34.2 Å². The number of carboxylic acid groups (broad SMARTS) is 2. The first-order valence-corrected chi connectivity index (χ1v) is 14.8. The van der Waals surface area contributed by atoms with Gasteiger partial charge >= 0.3 is 11.9 Å². The molecule has 4 rings (SSSR count). The number of aliphatic carboxylic acids is 2. The number of amides is 2. The molecule has 2 aliphatic rings. The van der Waals surface area contributed by atoms with Crippen LogP contribution in [0.3, 0.4) is 0 Å². The van der Waals surface area contributed by atoms with Crippen LogP contribution in [-0.4, -0.2) is 84.1 Å². The quantitative estimate of drug-likeness (QED) is 0.126. The lowest BCUT2D eigenvalue weighted by Gasteiger charge is -2.49. The van der Waals surface area contributed by atoms with Crippen molar-refractivity contribution in [2.24, 2.45) is 5.16 Å². The lowest BCUT2D eigenvalue weighted by Crippen LogP contribution is -2.71. The first-order chi connectivity index (χ1) is 18.1. The third-order valence-corrected chi connectivity index (χ3v) is 9.76. The normalized spacial score (nSPS) is 19.2. The van der Waals surface area contributed by atoms with E-state index >= 15 is 0 Å². The van der Waals surface area contributed by atoms with Crippen molar-refractivity contribution in [3.05, 3.63) is 32.9 Å². The Morgan fingerprint density at radius 3 is 2.74 bits per heavy atom. The summed E-state index contributed by atoms with van der Waals surface area (Å²) in [5.74, 6) is -2.87. The first kappa shape index (κ1) is 27.9. The van der Waals surface area contributed by atoms with Crippen molar-refractivity contribution in [3.63, 3.8) is 0 Å². The van der Waals surface area contributed by atoms with Crippen molar-refractivity contribution in [2.75, 3.05) is 23.8 Å². The molecule has 0 saturated carbocycles. The number of thiazole rings is 2. The summed E-state index contributed by atoms with van der Waals surface area (Å²) < 4.78 is 0.618. The van der Waals surface area contributed by atoms with Crippen LogP contribution in [0, 0.1) is 6.92 Å². The van der Waals surface area contributed by atoms with Crippen LogP contribution in [0.15, 0.2) is 26.1 Å². The lowest BCUT2D eigenvalue weighted by atomic mass is 10.0. The van der Waals surface area contributed by atoms with E-state index in [0.717, 1.165) is 11.3 Å². The van der Waals surface area contributed by atoms with E-state index in [4.69, 9.17) is 15.7 Å². The molecule has 1 saturated heterocycles. The van der Waals surface area contributed by atoms with Crippen molar-refractivity contribution >= 4 is 80.8 Å². The largest absolute Gasteiger partial charge is 0.481 e. The fourth-order valence-electron chi connectivity index (χ4n) is 3.65. The van der Waals surface area contributed by atoms with Gasteiger partial charge in [0.05, 0.1) is 12.1 Å². The summed E-state index contributed by atoms with van der Waals surface area (Å²) in [7, 11) is 0. The summed E-state index contributed by atoms with van der Waals surface area (Å²) in [4.78, 5) is 64.4. The van der Waals surface area contributed by atoms with Gasteiger partial charge in [0.1, 0.15) is 29.4 Å². The molecule has 2 atom stereocenters. The minimum atomic E-state index is -1.25. The molecular formula is C21H22N6O7S4. The average Bonchev–Trinajstić information content (AvgIpc) is 3.45. The van der Waals surface area contributed by atoms with E-state index < -0.39 is 35.2 Å². The van der Waals surface area contributed by atoms with Crippen LogP contribution < -0.4 is 11.1 Å². The van der Waals surface area contributed by atoms with Gasteiger partial charge in [0.25, 0.3) is 11.8 Å². The Bertz CT molecular complexity index is 1350. The molecular weight excluding hydrogens is 577 g/mol. The van der Waals surface area contributed by atoms with Crippen molar-refractivity contribution in [1.82, 2.24) is 20.2 Å². The Labute approximate surface area is 232 Å². The van der Waals surface area contributed by atoms with Gasteiger partial charge in [-0.1, -0.05) is 16.9 Å². The van der Waals surface area contributed by atoms with Gasteiger partial charge in [-0.2, -0.15) is 0 Å². The summed E-state index contributed by atoms with van der Waals surface area (Å²) >= 11 is 4.99. The predicted octanol–water partition coefficient (Wildman–Crippen LogP) is 1.39. The van der Waals surface area contributed by atoms with Gasteiger partial charge < -0.3 is 26.1 Å². The van der Waals surface area contributed by atoms with Crippen LogP contribution in [0.1, 0.15) is 23.2 Å². The number of rotatable bonds is 11. The number of β-lactam (4-membered cyclic amide) rings is 1. The van der Waals surface area contributed by atoms with E-state index in [1.807, 2.05) is 0 Å². The first-order valence-electron chi connectivity index (χ1n) is 11.0. The fraction of sp³-hybridized carbons (Fsp3) is 0.381. The zero-order chi connectivity index (χ0) is 27.6. The minimum absolute atomic E-state index is 0.119. The van der Waals surface area contributed by atoms with E-state index in [2.05, 4.69) is 20.4 Å². The third-order valence-electron chi connectivity index (χ3n) is 5.36. The number of nitrogens with one attached hydrogen (secondary N) is 1. The van der Waals surface area contributed by atoms with Gasteiger partial charge in [-0.15, -0.1) is 34.4 Å². The molecule has 202 valence electrons. The molecule has 0 spiro atoms. The highest BCUT2D eigenvalue weighted by atomic mass is 32.2. The van der Waals surface area contributed by atoms with Crippen LogP contribution in [0.2, 0.25) is 0 Å². The Morgan fingerprint density at radius 1 is 1.34 bits per heavy atom. The van der Waals surface area contributed by atoms with Gasteiger partial charge in [0.2, 0.25) is 0 Å². The highest BCUT2D eigenvalue weighted by molar-refractivity contribution is 8.01. The van der Waals surface area contributed by atoms with E-state index in [1.54, 1.807) is 19.2 Å². The second-order valence-corrected chi connectivity index (χ2v) is 12.2. The Morgan fingerprint density at radius 2 is 2.11 bits per heavy atom. The topological polar surface area (TPSA) is 197 Å². The number of carboxylic acids is 2. The number of carbonyl (C=O) groups excluding carboxylic acids is 2. The molecule has 0 unspecified atom stereocenters. The number of anilines is 1. The summed E-state index contributed by atoms with van der Waals surface area (Å²) in [5, 5.41) is 26.5. The number of carbonyl (C=O) groups is 4. The molecule has 0 bridgehead atoms. The second kappa shape index (κ2) is 11.7. The monoisotopic (exact) mass is 598 g/mol. The van der Waals surface area contributed by atoms with Gasteiger partial charge in [0.15, 0.2) is 15.2 Å². The van der Waals surface area contributed by atoms with Gasteiger partial charge in [-0.3, -0.25) is 19.3 Å². The number of aryl methyl sites for hydroxylation is 1. The molecule has 17 heteroatoms. The van der Waals surface area contributed by atoms with E-state index in [1.165, 1.54) is 39.8 Å². The average molecular weight is 599 g/mol. The molecule has 0 radical (unpaired) electrons. The zero-order valence-electron chi connectivity index (χ0n) is 20.0. The number of nitrogens with zero attached hydrogens (tertiary/aromatic N) is 4. The number of hydrogen-bond acceptors (Lipinski definition) is 13. The fourth-order valence-corrected chi connectivity index (χ4v) is 7.90. The van der Waals surface area contributed by atoms with Crippen molar-refractivity contribution in [2.45, 2.75) is 36.0 Å². The molecule has 2 aliphatic heterocycles. The van der Waals surface area contributed by atoms with Gasteiger partial charge in [-0.25, -0.2) is 14.8 Å². The molecule has 2 aromatic rings. The Balaban J connectivity index is 1.47. The van der Waals surface area contributed by atoms with Crippen molar-refractivity contribution in [1.29, 1.82) is 0 Å². The molecule has 4 heterocycles. The standard InChI is InChI=1S/C21H22N6O7S4/c1-3-34-26-13(10-7-36-20(22)24-10)16(30)25-14-17(31)27-15(19(32)33)9(5-35-18(14)27)6-37-21-23-8(2)11(38-21)4-12(28)29/h7,14,18H,3-6H2,1-2H3,(H2,22,24)(H,25,30)(H,28,29)(H,32,33)/t14-,18+/m1/s1. The maximum absolute atomic E-state index is 13.0. The number of fused-ring (bicyclic) bond motifs is 1. The molecule has 2 aromatic heterocycles. The predicted molar refractivity (Wildman–Crippen MR) is 143 cm³/mol. The minimum Gasteiger partial charge on any atom is -0.481 e. The smallest absolute Gasteiger partial charge is 0.352 e. The second-order valence-electron chi connectivity index (χ2n) is 7.89. The highest BCUT2D eigenvalue weighted by Crippen LogP contribution is 2.42. The Hall–Kier alpha value is -3.15. The lowest BCUT2D eigenvalue weighted by molar-refractivity contribution is -0.150. The summed E-state index contributed by atoms with van der Waals surface area (Å²) in [5.41, 5.74) is 6.76. The maximum atomic E-state index is 13.0.